The van der Waals surface area contributed by atoms with Gasteiger partial charge in [-0.2, -0.15) is 0 Å². The number of allylic oxidation sites excluding steroid dienone is 2. The molecule has 20 heavy (non-hydrogen) atoms. The van der Waals surface area contributed by atoms with Crippen molar-refractivity contribution in [3.63, 3.8) is 0 Å². The third-order valence-electron chi connectivity index (χ3n) is 4.66. The molecule has 0 aliphatic heterocycles. The lowest BCUT2D eigenvalue weighted by Crippen LogP contribution is -2.38. The van der Waals surface area contributed by atoms with Crippen molar-refractivity contribution in [3.05, 3.63) is 23.8 Å². The predicted molar refractivity (Wildman–Crippen MR) is 88.2 cm³/mol. The van der Waals surface area contributed by atoms with Crippen LogP contribution < -0.4 is 0 Å². The van der Waals surface area contributed by atoms with Crippen LogP contribution in [0.5, 0.6) is 0 Å². The fourth-order valence-corrected chi connectivity index (χ4v) is 5.27. The van der Waals surface area contributed by atoms with Gasteiger partial charge in [-0.15, -0.1) is 0 Å². The predicted octanol–water partition coefficient (Wildman–Crippen LogP) is 5.37. The molecule has 114 valence electrons. The van der Waals surface area contributed by atoms with Crippen molar-refractivity contribution in [2.45, 2.75) is 77.4 Å². The maximum Gasteiger partial charge on any atom is 0.320 e. The Morgan fingerprint density at radius 2 is 1.70 bits per heavy atom. The van der Waals surface area contributed by atoms with Crippen LogP contribution in [0.4, 0.5) is 0 Å². The lowest BCUT2D eigenvalue weighted by Gasteiger charge is -2.27. The summed E-state index contributed by atoms with van der Waals surface area (Å²) in [6.45, 7) is 10.3. The van der Waals surface area contributed by atoms with E-state index >= 15 is 0 Å². The lowest BCUT2D eigenvalue weighted by atomic mass is 9.93. The first-order valence-corrected chi connectivity index (χ1v) is 10.7. The summed E-state index contributed by atoms with van der Waals surface area (Å²) in [6, 6.07) is 3.00. The van der Waals surface area contributed by atoms with Gasteiger partial charge in [0.1, 0.15) is 0 Å². The molecule has 0 aromatic rings. The Hall–Kier alpha value is -0.833. The SMILES string of the molecule is C=C(CC=C1CCCCC1)C(=O)O[Si](CC)(CC)CC. The van der Waals surface area contributed by atoms with Gasteiger partial charge < -0.3 is 4.43 Å². The summed E-state index contributed by atoms with van der Waals surface area (Å²) in [5.74, 6) is -0.158. The van der Waals surface area contributed by atoms with Crippen LogP contribution in [0.1, 0.15) is 59.3 Å². The summed E-state index contributed by atoms with van der Waals surface area (Å²) in [7, 11) is -1.84. The summed E-state index contributed by atoms with van der Waals surface area (Å²) in [4.78, 5) is 12.2. The molecule has 0 aromatic heterocycles. The average Bonchev–Trinajstić information content (AvgIpc) is 2.51. The Morgan fingerprint density at radius 3 is 2.20 bits per heavy atom. The van der Waals surface area contributed by atoms with Gasteiger partial charge in [0.25, 0.3) is 8.32 Å². The zero-order valence-corrected chi connectivity index (χ0v) is 14.5. The third kappa shape index (κ3) is 4.93. The van der Waals surface area contributed by atoms with E-state index in [0.717, 1.165) is 18.1 Å². The first-order valence-electron chi connectivity index (χ1n) is 8.16. The molecule has 0 heterocycles. The standard InChI is InChI=1S/C17H30O2Si/c1-5-20(6-2,7-3)19-17(18)15(4)13-14-16-11-9-8-10-12-16/h14H,4-13H2,1-3H3. The lowest BCUT2D eigenvalue weighted by molar-refractivity contribution is -0.131. The number of hydrogen-bond acceptors (Lipinski definition) is 2. The highest BCUT2D eigenvalue weighted by molar-refractivity contribution is 6.75. The molecule has 1 aliphatic carbocycles. The molecule has 0 amide bonds. The summed E-state index contributed by atoms with van der Waals surface area (Å²) in [5, 5.41) is 0. The molecule has 2 nitrogen and oxygen atoms in total. The normalized spacial score (nSPS) is 15.8. The zero-order valence-electron chi connectivity index (χ0n) is 13.5. The second-order valence-corrected chi connectivity index (χ2v) is 10.6. The number of carbonyl (C=O) groups excluding carboxylic acids is 1. The molecule has 0 atom stereocenters. The van der Waals surface area contributed by atoms with Crippen molar-refractivity contribution in [1.29, 1.82) is 0 Å². The van der Waals surface area contributed by atoms with E-state index in [2.05, 4.69) is 33.4 Å². The summed E-state index contributed by atoms with van der Waals surface area (Å²) in [6.07, 6.45) is 9.18. The molecule has 0 bridgehead atoms. The molecule has 1 fully saturated rings. The topological polar surface area (TPSA) is 26.3 Å². The minimum absolute atomic E-state index is 0.158. The second-order valence-electron chi connectivity index (χ2n) is 5.86. The van der Waals surface area contributed by atoms with Crippen molar-refractivity contribution in [2.24, 2.45) is 0 Å². The monoisotopic (exact) mass is 294 g/mol. The van der Waals surface area contributed by atoms with Gasteiger partial charge in [0.15, 0.2) is 0 Å². The molecule has 1 rings (SSSR count). The Bertz CT molecular complexity index is 351. The molecule has 0 spiro atoms. The van der Waals surface area contributed by atoms with Gasteiger partial charge in [0.05, 0.1) is 0 Å². The number of rotatable bonds is 7. The Kier molecular flexibility index (Phi) is 7.28. The molecule has 1 saturated carbocycles. The molecular weight excluding hydrogens is 264 g/mol. The first-order chi connectivity index (χ1) is 9.56. The fourth-order valence-electron chi connectivity index (χ4n) is 2.80. The van der Waals surface area contributed by atoms with E-state index < -0.39 is 8.32 Å². The highest BCUT2D eigenvalue weighted by Gasteiger charge is 2.33. The van der Waals surface area contributed by atoms with Crippen molar-refractivity contribution in [3.8, 4) is 0 Å². The Labute approximate surface area is 125 Å². The summed E-state index contributed by atoms with van der Waals surface area (Å²) >= 11 is 0. The highest BCUT2D eigenvalue weighted by atomic mass is 28.4. The van der Waals surface area contributed by atoms with Gasteiger partial charge in [0, 0.05) is 5.57 Å². The third-order valence-corrected chi connectivity index (χ3v) is 9.15. The maximum absolute atomic E-state index is 12.2. The van der Waals surface area contributed by atoms with Gasteiger partial charge >= 0.3 is 5.97 Å². The summed E-state index contributed by atoms with van der Waals surface area (Å²) < 4.78 is 5.86. The zero-order chi connectivity index (χ0) is 15.0. The van der Waals surface area contributed by atoms with E-state index in [1.807, 2.05) is 0 Å². The van der Waals surface area contributed by atoms with Gasteiger partial charge in [-0.05, 0) is 50.2 Å². The Balaban J connectivity index is 2.52. The van der Waals surface area contributed by atoms with Gasteiger partial charge in [-0.25, -0.2) is 4.79 Å². The maximum atomic E-state index is 12.2. The minimum Gasteiger partial charge on any atom is -0.516 e. The minimum atomic E-state index is -1.84. The first kappa shape index (κ1) is 17.2. The van der Waals surface area contributed by atoms with Crippen molar-refractivity contribution in [2.75, 3.05) is 0 Å². The molecule has 0 saturated heterocycles. The number of hydrogen-bond donors (Lipinski definition) is 0. The molecule has 0 aromatic carbocycles. The van der Waals surface area contributed by atoms with Crippen LogP contribution in [0.25, 0.3) is 0 Å². The average molecular weight is 295 g/mol. The quantitative estimate of drug-likeness (QED) is 0.358. The van der Waals surface area contributed by atoms with Crippen LogP contribution in [-0.2, 0) is 9.22 Å². The van der Waals surface area contributed by atoms with E-state index in [-0.39, 0.29) is 5.97 Å². The van der Waals surface area contributed by atoms with E-state index in [9.17, 15) is 4.79 Å². The van der Waals surface area contributed by atoms with Crippen molar-refractivity contribution >= 4 is 14.3 Å². The summed E-state index contributed by atoms with van der Waals surface area (Å²) in [5.41, 5.74) is 2.12. The largest absolute Gasteiger partial charge is 0.516 e. The van der Waals surface area contributed by atoms with E-state index in [1.165, 1.54) is 37.7 Å². The fraction of sp³-hybridized carbons (Fsp3) is 0.706. The van der Waals surface area contributed by atoms with E-state index in [1.54, 1.807) is 0 Å². The highest BCUT2D eigenvalue weighted by Crippen LogP contribution is 2.25. The van der Waals surface area contributed by atoms with E-state index in [4.69, 9.17) is 4.43 Å². The van der Waals surface area contributed by atoms with Crippen LogP contribution in [0, 0.1) is 0 Å². The van der Waals surface area contributed by atoms with Gasteiger partial charge in [-0.1, -0.05) is 45.4 Å². The van der Waals surface area contributed by atoms with Crippen molar-refractivity contribution < 1.29 is 9.22 Å². The molecule has 0 N–H and O–H groups in total. The van der Waals surface area contributed by atoms with Crippen LogP contribution in [0.3, 0.4) is 0 Å². The smallest absolute Gasteiger partial charge is 0.320 e. The van der Waals surface area contributed by atoms with Gasteiger partial charge in [-0.3, -0.25) is 0 Å². The van der Waals surface area contributed by atoms with Crippen molar-refractivity contribution in [1.82, 2.24) is 0 Å². The second kappa shape index (κ2) is 8.45. The van der Waals surface area contributed by atoms with Crippen LogP contribution in [0.15, 0.2) is 23.8 Å². The Morgan fingerprint density at radius 1 is 1.15 bits per heavy atom. The molecule has 0 unspecified atom stereocenters. The molecule has 0 radical (unpaired) electrons. The van der Waals surface area contributed by atoms with Crippen LogP contribution in [-0.4, -0.2) is 14.3 Å². The molecular formula is C17H30O2Si. The number of carbonyl (C=O) groups is 1. The van der Waals surface area contributed by atoms with Crippen LogP contribution >= 0.6 is 0 Å². The van der Waals surface area contributed by atoms with Crippen LogP contribution in [0.2, 0.25) is 18.1 Å². The van der Waals surface area contributed by atoms with E-state index in [0.29, 0.717) is 12.0 Å². The van der Waals surface area contributed by atoms with Gasteiger partial charge in [0.2, 0.25) is 0 Å². The molecule has 1 aliphatic rings. The molecule has 3 heteroatoms.